The molecule has 0 aliphatic heterocycles. The van der Waals surface area contributed by atoms with Crippen molar-refractivity contribution in [2.45, 2.75) is 0 Å². The molecular formula is C52H37N. The maximum atomic E-state index is 9.49. The van der Waals surface area contributed by atoms with Crippen LogP contribution >= 0.6 is 0 Å². The lowest BCUT2D eigenvalue weighted by Crippen LogP contribution is -2.09. The molecule has 0 fully saturated rings. The average molecular weight is 684 g/mol. The molecule has 0 aliphatic carbocycles. The van der Waals surface area contributed by atoms with Gasteiger partial charge in [0.25, 0.3) is 0 Å². The minimum atomic E-state index is -0.392. The molecule has 0 spiro atoms. The van der Waals surface area contributed by atoms with Crippen molar-refractivity contribution in [1.29, 1.82) is 0 Å². The lowest BCUT2D eigenvalue weighted by atomic mass is 9.91. The minimum Gasteiger partial charge on any atom is -0.311 e. The molecule has 9 aromatic carbocycles. The Kier molecular flexibility index (Phi) is 6.57. The molecule has 0 bridgehead atoms. The molecule has 53 heavy (non-hydrogen) atoms. The molecule has 9 aromatic rings. The van der Waals surface area contributed by atoms with Crippen LogP contribution in [-0.2, 0) is 0 Å². The standard InChI is InChI=1S/C52H37N/c1-4-14-40(15-5-1)51-35-30-44(37-52(51)42-16-6-2-7-17-42)39-28-33-48(34-29-39)53(46-22-8-3-9-23-46)47-31-26-38(27-32-47)43-20-12-21-45(36-43)50-25-13-19-41-18-10-11-24-49(41)50/h1-37H/i26D,27D,28D,29D,31D,32D,33D,34D. The minimum absolute atomic E-state index is 0.101. The smallest absolute Gasteiger partial charge is 0.0645 e. The van der Waals surface area contributed by atoms with Gasteiger partial charge >= 0.3 is 0 Å². The fourth-order valence-corrected chi connectivity index (χ4v) is 6.82. The first kappa shape index (κ1) is 24.3. The summed E-state index contributed by atoms with van der Waals surface area (Å²) in [7, 11) is 0. The maximum absolute atomic E-state index is 9.49. The molecule has 250 valence electrons. The maximum Gasteiger partial charge on any atom is 0.0645 e. The number of anilines is 3. The van der Waals surface area contributed by atoms with Gasteiger partial charge in [0, 0.05) is 17.1 Å². The molecule has 0 unspecified atom stereocenters. The Labute approximate surface area is 323 Å². The number of para-hydroxylation sites is 1. The largest absolute Gasteiger partial charge is 0.311 e. The van der Waals surface area contributed by atoms with Crippen LogP contribution in [0.5, 0.6) is 0 Å². The zero-order valence-electron chi connectivity index (χ0n) is 36.7. The summed E-state index contributed by atoms with van der Waals surface area (Å²) >= 11 is 0. The predicted octanol–water partition coefficient (Wildman–Crippen LogP) is 14.6. The van der Waals surface area contributed by atoms with Gasteiger partial charge in [-0.3, -0.25) is 0 Å². The second-order valence-corrected chi connectivity index (χ2v) is 12.7. The number of rotatable bonds is 8. The summed E-state index contributed by atoms with van der Waals surface area (Å²) < 4.78 is 75.4. The highest BCUT2D eigenvalue weighted by Gasteiger charge is 2.15. The van der Waals surface area contributed by atoms with Gasteiger partial charge in [0.1, 0.15) is 0 Å². The van der Waals surface area contributed by atoms with E-state index in [-0.39, 0.29) is 58.8 Å². The molecule has 0 atom stereocenters. The highest BCUT2D eigenvalue weighted by molar-refractivity contribution is 5.97. The topological polar surface area (TPSA) is 3.24 Å². The Morgan fingerprint density at radius 2 is 0.774 bits per heavy atom. The molecule has 0 aliphatic rings. The third-order valence-electron chi connectivity index (χ3n) is 9.41. The first-order valence-electron chi connectivity index (χ1n) is 21.5. The molecule has 0 amide bonds. The summed E-state index contributed by atoms with van der Waals surface area (Å²) in [5, 5.41) is 2.11. The van der Waals surface area contributed by atoms with E-state index in [9.17, 15) is 11.0 Å². The Morgan fingerprint density at radius 3 is 1.43 bits per heavy atom. The molecule has 9 rings (SSSR count). The van der Waals surface area contributed by atoms with E-state index in [0.29, 0.717) is 16.8 Å². The second kappa shape index (κ2) is 14.3. The first-order valence-corrected chi connectivity index (χ1v) is 17.5. The summed E-state index contributed by atoms with van der Waals surface area (Å²) in [6, 6.07) is 52.7. The Bertz CT molecular complexity index is 3050. The number of benzene rings is 9. The van der Waals surface area contributed by atoms with Crippen LogP contribution in [0.3, 0.4) is 0 Å². The molecule has 0 radical (unpaired) electrons. The fourth-order valence-electron chi connectivity index (χ4n) is 6.82. The highest BCUT2D eigenvalue weighted by Crippen LogP contribution is 2.39. The molecule has 0 aromatic heterocycles. The lowest BCUT2D eigenvalue weighted by Gasteiger charge is -2.26. The van der Waals surface area contributed by atoms with E-state index < -0.39 is 12.1 Å². The van der Waals surface area contributed by atoms with Gasteiger partial charge in [-0.05, 0) is 115 Å². The van der Waals surface area contributed by atoms with Gasteiger partial charge in [-0.25, -0.2) is 0 Å². The van der Waals surface area contributed by atoms with Gasteiger partial charge in [-0.2, -0.15) is 0 Å². The quantitative estimate of drug-likeness (QED) is 0.154. The third kappa shape index (κ3) is 6.53. The normalized spacial score (nSPS) is 13.1. The predicted molar refractivity (Wildman–Crippen MR) is 226 cm³/mol. The molecule has 0 saturated carbocycles. The summed E-state index contributed by atoms with van der Waals surface area (Å²) in [6.07, 6.45) is 0. The monoisotopic (exact) mass is 683 g/mol. The molecule has 0 N–H and O–H groups in total. The number of hydrogen-bond donors (Lipinski definition) is 0. The van der Waals surface area contributed by atoms with Crippen molar-refractivity contribution < 1.29 is 11.0 Å². The zero-order chi connectivity index (χ0) is 42.4. The van der Waals surface area contributed by atoms with Gasteiger partial charge in [-0.1, -0.05) is 176 Å². The molecule has 0 heterocycles. The molecule has 0 saturated heterocycles. The first-order chi connectivity index (χ1) is 29.6. The van der Waals surface area contributed by atoms with Crippen molar-refractivity contribution in [3.63, 3.8) is 0 Å². The zero-order valence-corrected chi connectivity index (χ0v) is 28.7. The van der Waals surface area contributed by atoms with Gasteiger partial charge in [-0.15, -0.1) is 0 Å². The summed E-state index contributed by atoms with van der Waals surface area (Å²) in [6.45, 7) is 0. The fraction of sp³-hybridized carbons (Fsp3) is 0. The van der Waals surface area contributed by atoms with Crippen molar-refractivity contribution in [1.82, 2.24) is 0 Å². The molecule has 1 nitrogen and oxygen atoms in total. The van der Waals surface area contributed by atoms with Crippen molar-refractivity contribution in [3.05, 3.63) is 224 Å². The molecular weight excluding hydrogens is 639 g/mol. The van der Waals surface area contributed by atoms with Crippen LogP contribution in [0.4, 0.5) is 17.1 Å². The van der Waals surface area contributed by atoms with Crippen LogP contribution in [0.25, 0.3) is 66.4 Å². The number of fused-ring (bicyclic) bond motifs is 1. The lowest BCUT2D eigenvalue weighted by molar-refractivity contribution is 1.28. The van der Waals surface area contributed by atoms with Gasteiger partial charge in [0.05, 0.1) is 11.0 Å². The summed E-state index contributed by atoms with van der Waals surface area (Å²) in [4.78, 5) is 1.33. The van der Waals surface area contributed by atoms with Crippen LogP contribution in [0, 0.1) is 0 Å². The van der Waals surface area contributed by atoms with E-state index >= 15 is 0 Å². The number of hydrogen-bond acceptors (Lipinski definition) is 1. The van der Waals surface area contributed by atoms with Crippen LogP contribution in [0.2, 0.25) is 0 Å². The third-order valence-corrected chi connectivity index (χ3v) is 9.41. The van der Waals surface area contributed by atoms with Crippen LogP contribution in [-0.4, -0.2) is 0 Å². The Hall–Kier alpha value is -6.96. The van der Waals surface area contributed by atoms with Gasteiger partial charge < -0.3 is 4.90 Å². The summed E-state index contributed by atoms with van der Waals surface area (Å²) in [5.41, 5.74) is 6.72. The SMILES string of the molecule is [2H]c1c([2H])c(N(c2ccccc2)c2c([2H])c([2H])c(-c3ccc(-c4ccccc4)c(-c4ccccc4)c3)c([2H])c2[2H])c([2H])c([2H])c1-c1cccc(-c2cccc3ccccc23)c1. The van der Waals surface area contributed by atoms with E-state index in [1.807, 2.05) is 140 Å². The second-order valence-electron chi connectivity index (χ2n) is 12.7. The van der Waals surface area contributed by atoms with Crippen LogP contribution in [0.1, 0.15) is 11.0 Å². The van der Waals surface area contributed by atoms with Crippen molar-refractivity contribution in [2.24, 2.45) is 0 Å². The van der Waals surface area contributed by atoms with Crippen molar-refractivity contribution >= 4 is 27.8 Å². The highest BCUT2D eigenvalue weighted by atomic mass is 15.1. The van der Waals surface area contributed by atoms with Crippen LogP contribution in [0.15, 0.2) is 224 Å². The molecule has 1 heteroatoms. The van der Waals surface area contributed by atoms with E-state index in [4.69, 9.17) is 0 Å². The van der Waals surface area contributed by atoms with Gasteiger partial charge in [0.2, 0.25) is 0 Å². The Balaban J connectivity index is 1.21. The summed E-state index contributed by atoms with van der Waals surface area (Å²) in [5.74, 6) is 0. The van der Waals surface area contributed by atoms with Crippen molar-refractivity contribution in [2.75, 3.05) is 4.90 Å². The van der Waals surface area contributed by atoms with E-state index in [1.165, 1.54) is 4.90 Å². The van der Waals surface area contributed by atoms with E-state index in [1.54, 1.807) is 36.4 Å². The van der Waals surface area contributed by atoms with Crippen LogP contribution < -0.4 is 4.90 Å². The number of nitrogens with zero attached hydrogens (tertiary/aromatic N) is 1. The average Bonchev–Trinajstić information content (AvgIpc) is 3.30. The van der Waals surface area contributed by atoms with Crippen molar-refractivity contribution in [3.8, 4) is 55.6 Å². The Morgan fingerprint density at radius 1 is 0.283 bits per heavy atom. The van der Waals surface area contributed by atoms with E-state index in [2.05, 4.69) is 0 Å². The van der Waals surface area contributed by atoms with E-state index in [0.717, 1.165) is 44.2 Å². The van der Waals surface area contributed by atoms with Gasteiger partial charge in [0.15, 0.2) is 0 Å².